The highest BCUT2D eigenvalue weighted by Crippen LogP contribution is 1.92. The molecular formula is C9H14O4S. The van der Waals surface area contributed by atoms with E-state index in [0.717, 1.165) is 14.2 Å². The van der Waals surface area contributed by atoms with Crippen LogP contribution in [-0.2, 0) is 18.8 Å². The molecule has 1 aromatic carbocycles. The Hall–Kier alpha value is -0.910. The molecule has 0 saturated carbocycles. The molecule has 0 spiro atoms. The molecule has 0 aliphatic heterocycles. The van der Waals surface area contributed by atoms with E-state index in [9.17, 15) is 8.42 Å². The maximum atomic E-state index is 9.92. The van der Waals surface area contributed by atoms with Crippen molar-refractivity contribution in [3.05, 3.63) is 35.9 Å². The van der Waals surface area contributed by atoms with E-state index in [2.05, 4.69) is 27.4 Å². The molecular weight excluding hydrogens is 204 g/mol. The first-order valence-corrected chi connectivity index (χ1v) is 5.23. The second kappa shape index (κ2) is 6.53. The van der Waals surface area contributed by atoms with E-state index < -0.39 is 10.4 Å². The minimum Gasteiger partial charge on any atom is -0.252 e. The quantitative estimate of drug-likeness (QED) is 0.755. The fourth-order valence-electron chi connectivity index (χ4n) is 0.602. The molecule has 0 atom stereocenters. The van der Waals surface area contributed by atoms with Gasteiger partial charge in [0.25, 0.3) is 0 Å². The van der Waals surface area contributed by atoms with Crippen LogP contribution in [0.25, 0.3) is 0 Å². The Labute approximate surface area is 84.8 Å². The Balaban J connectivity index is 0.000000241. The molecule has 14 heavy (non-hydrogen) atoms. The zero-order valence-electron chi connectivity index (χ0n) is 8.43. The molecule has 0 aliphatic rings. The molecule has 0 bridgehead atoms. The van der Waals surface area contributed by atoms with Gasteiger partial charge in [-0.3, -0.25) is 8.37 Å². The van der Waals surface area contributed by atoms with Crippen LogP contribution in [0.5, 0.6) is 0 Å². The van der Waals surface area contributed by atoms with Gasteiger partial charge in [0.05, 0.1) is 14.2 Å². The highest BCUT2D eigenvalue weighted by atomic mass is 32.3. The summed E-state index contributed by atoms with van der Waals surface area (Å²) in [5.74, 6) is 0. The molecule has 0 aromatic heterocycles. The van der Waals surface area contributed by atoms with Gasteiger partial charge in [0, 0.05) is 0 Å². The lowest BCUT2D eigenvalue weighted by molar-refractivity contribution is 0.286. The summed E-state index contributed by atoms with van der Waals surface area (Å²) < 4.78 is 27.5. The lowest BCUT2D eigenvalue weighted by Gasteiger charge is -1.91. The minimum atomic E-state index is -3.66. The van der Waals surface area contributed by atoms with Crippen LogP contribution < -0.4 is 0 Å². The number of hydrogen-bond acceptors (Lipinski definition) is 4. The smallest absolute Gasteiger partial charge is 0.252 e. The minimum absolute atomic E-state index is 1.03. The van der Waals surface area contributed by atoms with E-state index in [4.69, 9.17) is 0 Å². The van der Waals surface area contributed by atoms with Crippen LogP contribution in [-0.4, -0.2) is 22.6 Å². The topological polar surface area (TPSA) is 52.6 Å². The summed E-state index contributed by atoms with van der Waals surface area (Å²) in [5, 5.41) is 0. The van der Waals surface area contributed by atoms with Crippen LogP contribution in [0.3, 0.4) is 0 Å². The van der Waals surface area contributed by atoms with Gasteiger partial charge in [-0.25, -0.2) is 0 Å². The molecule has 0 amide bonds. The number of rotatable bonds is 2. The van der Waals surface area contributed by atoms with Crippen LogP contribution in [0.1, 0.15) is 5.56 Å². The first-order valence-electron chi connectivity index (χ1n) is 3.89. The first-order chi connectivity index (χ1) is 6.52. The van der Waals surface area contributed by atoms with Gasteiger partial charge in [-0.05, 0) is 6.92 Å². The van der Waals surface area contributed by atoms with Gasteiger partial charge in [0.2, 0.25) is 0 Å². The van der Waals surface area contributed by atoms with Gasteiger partial charge in [-0.1, -0.05) is 35.9 Å². The molecule has 0 unspecified atom stereocenters. The lowest BCUT2D eigenvalue weighted by Crippen LogP contribution is -2.02. The summed E-state index contributed by atoms with van der Waals surface area (Å²) in [6.07, 6.45) is 0. The summed E-state index contributed by atoms with van der Waals surface area (Å²) in [6, 6.07) is 10.3. The Morgan fingerprint density at radius 2 is 1.43 bits per heavy atom. The third kappa shape index (κ3) is 6.59. The average Bonchev–Trinajstić information content (AvgIpc) is 2.20. The van der Waals surface area contributed by atoms with Gasteiger partial charge in [-0.15, -0.1) is 0 Å². The van der Waals surface area contributed by atoms with Crippen molar-refractivity contribution in [2.75, 3.05) is 14.2 Å². The predicted molar refractivity (Wildman–Crippen MR) is 54.1 cm³/mol. The molecule has 80 valence electrons. The van der Waals surface area contributed by atoms with Crippen molar-refractivity contribution in [2.45, 2.75) is 6.92 Å². The van der Waals surface area contributed by atoms with Crippen molar-refractivity contribution in [3.8, 4) is 0 Å². The van der Waals surface area contributed by atoms with Gasteiger partial charge >= 0.3 is 10.4 Å². The van der Waals surface area contributed by atoms with Crippen molar-refractivity contribution in [3.63, 3.8) is 0 Å². The normalized spacial score (nSPS) is 10.2. The summed E-state index contributed by atoms with van der Waals surface area (Å²) in [4.78, 5) is 0. The van der Waals surface area contributed by atoms with Gasteiger partial charge in [0.1, 0.15) is 0 Å². The fraction of sp³-hybridized carbons (Fsp3) is 0.333. The van der Waals surface area contributed by atoms with Crippen molar-refractivity contribution in [1.82, 2.24) is 0 Å². The Kier molecular flexibility index (Phi) is 6.11. The number of benzene rings is 1. The zero-order valence-corrected chi connectivity index (χ0v) is 9.24. The summed E-state index contributed by atoms with van der Waals surface area (Å²) in [6.45, 7) is 2.08. The molecule has 1 rings (SSSR count). The van der Waals surface area contributed by atoms with E-state index in [1.54, 1.807) is 0 Å². The molecule has 1 aromatic rings. The lowest BCUT2D eigenvalue weighted by atomic mass is 10.2. The molecule has 5 heteroatoms. The predicted octanol–water partition coefficient (Wildman–Crippen LogP) is 1.52. The summed E-state index contributed by atoms with van der Waals surface area (Å²) >= 11 is 0. The maximum absolute atomic E-state index is 9.92. The third-order valence-electron chi connectivity index (χ3n) is 1.35. The Bertz CT molecular complexity index is 321. The van der Waals surface area contributed by atoms with Crippen molar-refractivity contribution in [1.29, 1.82) is 0 Å². The average molecular weight is 218 g/mol. The van der Waals surface area contributed by atoms with E-state index >= 15 is 0 Å². The SMILES string of the molecule is COS(=O)(=O)OC.Cc1ccccc1. The largest absolute Gasteiger partial charge is 0.399 e. The van der Waals surface area contributed by atoms with E-state index in [0.29, 0.717) is 0 Å². The number of aryl methyl sites for hydroxylation is 1. The summed E-state index contributed by atoms with van der Waals surface area (Å²) in [5.41, 5.74) is 1.32. The second-order valence-electron chi connectivity index (χ2n) is 2.40. The molecule has 0 N–H and O–H groups in total. The van der Waals surface area contributed by atoms with Crippen LogP contribution in [0.4, 0.5) is 0 Å². The summed E-state index contributed by atoms with van der Waals surface area (Å²) in [7, 11) is -1.60. The van der Waals surface area contributed by atoms with Crippen molar-refractivity contribution in [2.24, 2.45) is 0 Å². The highest BCUT2D eigenvalue weighted by Gasteiger charge is 2.01. The van der Waals surface area contributed by atoms with E-state index in [1.165, 1.54) is 5.56 Å². The van der Waals surface area contributed by atoms with Gasteiger partial charge in [0.15, 0.2) is 0 Å². The molecule has 0 fully saturated rings. The van der Waals surface area contributed by atoms with Crippen LogP contribution in [0.2, 0.25) is 0 Å². The zero-order chi connectivity index (χ0) is 11.0. The molecule has 0 heterocycles. The second-order valence-corrected chi connectivity index (χ2v) is 3.88. The van der Waals surface area contributed by atoms with Crippen LogP contribution >= 0.6 is 0 Å². The van der Waals surface area contributed by atoms with Crippen LogP contribution in [0.15, 0.2) is 30.3 Å². The van der Waals surface area contributed by atoms with Crippen LogP contribution in [0, 0.1) is 6.92 Å². The van der Waals surface area contributed by atoms with Crippen molar-refractivity contribution < 1.29 is 16.8 Å². The molecule has 0 saturated heterocycles. The molecule has 4 nitrogen and oxygen atoms in total. The van der Waals surface area contributed by atoms with Crippen molar-refractivity contribution >= 4 is 10.4 Å². The Morgan fingerprint density at radius 1 is 1.00 bits per heavy atom. The monoisotopic (exact) mass is 218 g/mol. The Morgan fingerprint density at radius 3 is 1.57 bits per heavy atom. The third-order valence-corrected chi connectivity index (χ3v) is 2.17. The highest BCUT2D eigenvalue weighted by molar-refractivity contribution is 7.81. The number of hydrogen-bond donors (Lipinski definition) is 0. The molecule has 0 aliphatic carbocycles. The van der Waals surface area contributed by atoms with E-state index in [-0.39, 0.29) is 0 Å². The fourth-order valence-corrected chi connectivity index (χ4v) is 0.739. The standard InChI is InChI=1S/C7H8.C2H6O4S/c1-7-5-3-2-4-6-7;1-5-7(3,4)6-2/h2-6H,1H3;1-2H3. The van der Waals surface area contributed by atoms with Gasteiger partial charge in [-0.2, -0.15) is 8.42 Å². The van der Waals surface area contributed by atoms with Gasteiger partial charge < -0.3 is 0 Å². The van der Waals surface area contributed by atoms with E-state index in [1.807, 2.05) is 18.2 Å². The maximum Gasteiger partial charge on any atom is 0.399 e. The first kappa shape index (κ1) is 13.1. The molecule has 0 radical (unpaired) electrons.